The normalized spacial score (nSPS) is 12.7. The van der Waals surface area contributed by atoms with E-state index in [-0.39, 0.29) is 12.5 Å². The highest BCUT2D eigenvalue weighted by Gasteiger charge is 2.31. The third kappa shape index (κ3) is 7.75. The summed E-state index contributed by atoms with van der Waals surface area (Å²) in [6, 6.07) is 13.1. The lowest BCUT2D eigenvalue weighted by atomic mass is 10.1. The van der Waals surface area contributed by atoms with Crippen molar-refractivity contribution in [1.29, 1.82) is 0 Å². The first kappa shape index (κ1) is 26.7. The van der Waals surface area contributed by atoms with E-state index in [9.17, 15) is 18.0 Å². The van der Waals surface area contributed by atoms with Crippen LogP contribution in [0.25, 0.3) is 0 Å². The first-order chi connectivity index (χ1) is 15.2. The maximum absolute atomic E-state index is 13.5. The van der Waals surface area contributed by atoms with Crippen LogP contribution in [0.1, 0.15) is 38.8 Å². The van der Waals surface area contributed by atoms with Crippen molar-refractivity contribution in [1.82, 2.24) is 10.2 Å². The molecule has 2 aromatic carbocycles. The Morgan fingerprint density at radius 1 is 1.06 bits per heavy atom. The summed E-state index contributed by atoms with van der Waals surface area (Å²) in [5.74, 6) is -0.818. The molecule has 7 nitrogen and oxygen atoms in total. The first-order valence-corrected chi connectivity index (χ1v) is 12.8. The maximum atomic E-state index is 13.5. The Bertz CT molecular complexity index is 1100. The van der Waals surface area contributed by atoms with Gasteiger partial charge in [0.2, 0.25) is 21.8 Å². The van der Waals surface area contributed by atoms with Crippen molar-refractivity contribution in [2.24, 2.45) is 0 Å². The standard InChI is InChI=1S/C24H32ClN3O4S/c1-17-9-7-8-10-21(17)28(33(6,31)32)16-22(29)27(15-19-11-13-20(25)14-12-19)18(2)23(30)26-24(3,4)5/h7-14,18H,15-16H2,1-6H3,(H,26,30)/t18-/m0/s1. The largest absolute Gasteiger partial charge is 0.350 e. The van der Waals surface area contributed by atoms with Crippen LogP contribution in [0.4, 0.5) is 5.69 Å². The van der Waals surface area contributed by atoms with Crippen LogP contribution < -0.4 is 9.62 Å². The Balaban J connectivity index is 2.41. The van der Waals surface area contributed by atoms with Crippen LogP contribution in [0.5, 0.6) is 0 Å². The molecule has 0 bridgehead atoms. The molecule has 9 heteroatoms. The Morgan fingerprint density at radius 2 is 1.64 bits per heavy atom. The number of hydrogen-bond acceptors (Lipinski definition) is 4. The predicted octanol–water partition coefficient (Wildman–Crippen LogP) is 3.75. The number of hydrogen-bond donors (Lipinski definition) is 1. The number of benzene rings is 2. The topological polar surface area (TPSA) is 86.8 Å². The van der Waals surface area contributed by atoms with E-state index < -0.39 is 34.1 Å². The number of anilines is 1. The average molecular weight is 494 g/mol. The molecule has 0 fully saturated rings. The number of para-hydroxylation sites is 1. The second-order valence-corrected chi connectivity index (χ2v) is 11.5. The molecule has 0 unspecified atom stereocenters. The Kier molecular flexibility index (Phi) is 8.54. The molecule has 0 radical (unpaired) electrons. The van der Waals surface area contributed by atoms with Gasteiger partial charge >= 0.3 is 0 Å². The second kappa shape index (κ2) is 10.6. The molecule has 0 aliphatic carbocycles. The summed E-state index contributed by atoms with van der Waals surface area (Å²) in [6.45, 7) is 8.67. The third-order valence-corrected chi connectivity index (χ3v) is 6.37. The monoisotopic (exact) mass is 493 g/mol. The van der Waals surface area contributed by atoms with Gasteiger partial charge in [0, 0.05) is 17.1 Å². The molecular weight excluding hydrogens is 462 g/mol. The summed E-state index contributed by atoms with van der Waals surface area (Å²) < 4.78 is 26.3. The molecular formula is C24H32ClN3O4S. The summed E-state index contributed by atoms with van der Waals surface area (Å²) in [6.07, 6.45) is 1.06. The first-order valence-electron chi connectivity index (χ1n) is 10.6. The smallest absolute Gasteiger partial charge is 0.244 e. The van der Waals surface area contributed by atoms with E-state index in [0.717, 1.165) is 21.7 Å². The van der Waals surface area contributed by atoms with Gasteiger partial charge in [-0.05, 0) is 63.9 Å². The summed E-state index contributed by atoms with van der Waals surface area (Å²) in [5, 5.41) is 3.44. The summed E-state index contributed by atoms with van der Waals surface area (Å²) >= 11 is 5.98. The predicted molar refractivity (Wildman–Crippen MR) is 133 cm³/mol. The van der Waals surface area contributed by atoms with Crippen molar-refractivity contribution in [2.75, 3.05) is 17.1 Å². The van der Waals surface area contributed by atoms with Gasteiger partial charge in [-0.15, -0.1) is 0 Å². The molecule has 2 aromatic rings. The minimum atomic E-state index is -3.75. The van der Waals surface area contributed by atoms with E-state index in [0.29, 0.717) is 10.7 Å². The van der Waals surface area contributed by atoms with Crippen molar-refractivity contribution in [2.45, 2.75) is 52.7 Å². The van der Waals surface area contributed by atoms with Gasteiger partial charge in [-0.2, -0.15) is 0 Å². The van der Waals surface area contributed by atoms with Gasteiger partial charge in [0.15, 0.2) is 0 Å². The molecule has 1 N–H and O–H groups in total. The lowest BCUT2D eigenvalue weighted by molar-refractivity contribution is -0.140. The van der Waals surface area contributed by atoms with Gasteiger partial charge in [-0.25, -0.2) is 8.42 Å². The number of halogens is 1. The van der Waals surface area contributed by atoms with Gasteiger partial charge in [-0.1, -0.05) is 41.9 Å². The quantitative estimate of drug-likeness (QED) is 0.606. The van der Waals surface area contributed by atoms with Crippen LogP contribution in [0, 0.1) is 6.92 Å². The lowest BCUT2D eigenvalue weighted by Crippen LogP contribution is -2.54. The van der Waals surface area contributed by atoms with Crippen molar-refractivity contribution in [3.63, 3.8) is 0 Å². The average Bonchev–Trinajstić information content (AvgIpc) is 2.69. The maximum Gasteiger partial charge on any atom is 0.244 e. The number of nitrogens with zero attached hydrogens (tertiary/aromatic N) is 2. The van der Waals surface area contributed by atoms with Gasteiger partial charge < -0.3 is 10.2 Å². The lowest BCUT2D eigenvalue weighted by Gasteiger charge is -2.33. The number of nitrogens with one attached hydrogen (secondary N) is 1. The molecule has 2 amide bonds. The highest BCUT2D eigenvalue weighted by molar-refractivity contribution is 7.92. The van der Waals surface area contributed by atoms with E-state index in [1.165, 1.54) is 4.90 Å². The minimum absolute atomic E-state index is 0.125. The molecule has 2 rings (SSSR count). The number of amides is 2. The summed E-state index contributed by atoms with van der Waals surface area (Å²) in [4.78, 5) is 27.8. The molecule has 0 heterocycles. The highest BCUT2D eigenvalue weighted by atomic mass is 35.5. The van der Waals surface area contributed by atoms with Crippen molar-refractivity contribution < 1.29 is 18.0 Å². The van der Waals surface area contributed by atoms with Crippen LogP contribution in [-0.4, -0.2) is 49.5 Å². The third-order valence-electron chi connectivity index (χ3n) is 5.00. The van der Waals surface area contributed by atoms with E-state index in [1.54, 1.807) is 62.4 Å². The Hall–Kier alpha value is -2.58. The number of rotatable bonds is 8. The molecule has 0 aromatic heterocycles. The minimum Gasteiger partial charge on any atom is -0.350 e. The van der Waals surface area contributed by atoms with E-state index in [2.05, 4.69) is 5.32 Å². The summed E-state index contributed by atoms with van der Waals surface area (Å²) in [5.41, 5.74) is 1.43. The van der Waals surface area contributed by atoms with Crippen LogP contribution in [-0.2, 0) is 26.2 Å². The van der Waals surface area contributed by atoms with Crippen molar-refractivity contribution in [3.05, 3.63) is 64.7 Å². The van der Waals surface area contributed by atoms with Crippen LogP contribution in [0.15, 0.2) is 48.5 Å². The van der Waals surface area contributed by atoms with Gasteiger partial charge in [0.05, 0.1) is 11.9 Å². The molecule has 180 valence electrons. The zero-order valence-corrected chi connectivity index (χ0v) is 21.5. The molecule has 0 aliphatic rings. The number of sulfonamides is 1. The SMILES string of the molecule is Cc1ccccc1N(CC(=O)N(Cc1ccc(Cl)cc1)[C@@H](C)C(=O)NC(C)(C)C)S(C)(=O)=O. The summed E-state index contributed by atoms with van der Waals surface area (Å²) in [7, 11) is -3.75. The zero-order chi connectivity index (χ0) is 25.0. The molecule has 0 saturated carbocycles. The molecule has 1 atom stereocenters. The number of aryl methyl sites for hydroxylation is 1. The van der Waals surface area contributed by atoms with Crippen LogP contribution in [0.3, 0.4) is 0 Å². The zero-order valence-electron chi connectivity index (χ0n) is 19.9. The molecule has 0 saturated heterocycles. The van der Waals surface area contributed by atoms with Crippen LogP contribution >= 0.6 is 11.6 Å². The molecule has 33 heavy (non-hydrogen) atoms. The fraction of sp³-hybridized carbons (Fsp3) is 0.417. The molecule has 0 aliphatic heterocycles. The Labute approximate surface area is 201 Å². The highest BCUT2D eigenvalue weighted by Crippen LogP contribution is 2.23. The molecule has 0 spiro atoms. The van der Waals surface area contributed by atoms with Crippen LogP contribution in [0.2, 0.25) is 5.02 Å². The fourth-order valence-corrected chi connectivity index (χ4v) is 4.31. The number of carbonyl (C=O) groups excluding carboxylic acids is 2. The number of carbonyl (C=O) groups is 2. The van der Waals surface area contributed by atoms with Gasteiger partial charge in [0.25, 0.3) is 0 Å². The van der Waals surface area contributed by atoms with Crippen molar-refractivity contribution in [3.8, 4) is 0 Å². The Morgan fingerprint density at radius 3 is 2.15 bits per heavy atom. The second-order valence-electron chi connectivity index (χ2n) is 9.12. The van der Waals surface area contributed by atoms with Gasteiger partial charge in [-0.3, -0.25) is 13.9 Å². The van der Waals surface area contributed by atoms with E-state index in [1.807, 2.05) is 20.8 Å². The van der Waals surface area contributed by atoms with E-state index >= 15 is 0 Å². The van der Waals surface area contributed by atoms with E-state index in [4.69, 9.17) is 11.6 Å². The van der Waals surface area contributed by atoms with Crippen molar-refractivity contribution >= 4 is 39.1 Å². The fourth-order valence-electron chi connectivity index (χ4n) is 3.28. The van der Waals surface area contributed by atoms with Gasteiger partial charge in [0.1, 0.15) is 12.6 Å².